The molecule has 0 saturated heterocycles. The summed E-state index contributed by atoms with van der Waals surface area (Å²) in [6, 6.07) is 7.41. The summed E-state index contributed by atoms with van der Waals surface area (Å²) in [5, 5.41) is 12.5. The Bertz CT molecular complexity index is 491. The first kappa shape index (κ1) is 12.2. The maximum atomic E-state index is 5.96. The number of halogens is 1. The van der Waals surface area contributed by atoms with Gasteiger partial charge in [-0.25, -0.2) is 4.68 Å². The number of ether oxygens (including phenoxy) is 1. The number of tetrazole rings is 1. The van der Waals surface area contributed by atoms with Crippen LogP contribution < -0.4 is 4.74 Å². The minimum absolute atomic E-state index is 0.557. The summed E-state index contributed by atoms with van der Waals surface area (Å²) in [5.41, 5.74) is 0. The van der Waals surface area contributed by atoms with Gasteiger partial charge in [0.05, 0.1) is 11.6 Å². The topological polar surface area (TPSA) is 52.8 Å². The molecule has 90 valence electrons. The largest absolute Gasteiger partial charge is 0.491 e. The molecule has 0 amide bonds. The molecule has 2 rings (SSSR count). The summed E-state index contributed by atoms with van der Waals surface area (Å²) in [4.78, 5) is 0. The number of aromatic nitrogens is 4. The van der Waals surface area contributed by atoms with Crippen molar-refractivity contribution in [2.75, 3.05) is 12.4 Å². The van der Waals surface area contributed by atoms with Gasteiger partial charge < -0.3 is 4.74 Å². The van der Waals surface area contributed by atoms with E-state index < -0.39 is 0 Å². The Hall–Kier alpha value is -1.27. The van der Waals surface area contributed by atoms with Gasteiger partial charge in [-0.05, 0) is 22.6 Å². The molecule has 0 saturated carbocycles. The fourth-order valence-corrected chi connectivity index (χ4v) is 2.05. The number of hydrogen-bond acceptors (Lipinski definition) is 5. The Morgan fingerprint density at radius 3 is 2.94 bits per heavy atom. The van der Waals surface area contributed by atoms with E-state index in [0.717, 1.165) is 10.9 Å². The maximum absolute atomic E-state index is 5.96. The van der Waals surface area contributed by atoms with E-state index in [-0.39, 0.29) is 0 Å². The minimum atomic E-state index is 0.557. The monoisotopic (exact) mass is 270 g/mol. The SMILES string of the molecule is Cn1nnnc1SCCOc1ccccc1Cl. The number of benzene rings is 1. The number of nitrogens with zero attached hydrogens (tertiary/aromatic N) is 4. The first-order chi connectivity index (χ1) is 8.27. The molecule has 1 heterocycles. The molecular formula is C10H11ClN4OS. The van der Waals surface area contributed by atoms with Gasteiger partial charge in [0, 0.05) is 12.8 Å². The molecule has 0 radical (unpaired) electrons. The second kappa shape index (κ2) is 5.88. The molecule has 7 heteroatoms. The Morgan fingerprint density at radius 2 is 2.24 bits per heavy atom. The summed E-state index contributed by atoms with van der Waals surface area (Å²) < 4.78 is 7.17. The minimum Gasteiger partial charge on any atom is -0.491 e. The van der Waals surface area contributed by atoms with Gasteiger partial charge >= 0.3 is 0 Å². The van der Waals surface area contributed by atoms with Crippen molar-refractivity contribution in [2.45, 2.75) is 5.16 Å². The normalized spacial score (nSPS) is 10.5. The van der Waals surface area contributed by atoms with Crippen molar-refractivity contribution in [3.8, 4) is 5.75 Å². The summed E-state index contributed by atoms with van der Waals surface area (Å²) in [6.07, 6.45) is 0. The van der Waals surface area contributed by atoms with E-state index in [2.05, 4.69) is 15.5 Å². The molecule has 0 aliphatic heterocycles. The standard InChI is InChI=1S/C10H11ClN4OS/c1-15-10(12-13-14-15)17-7-6-16-9-5-3-2-4-8(9)11/h2-5H,6-7H2,1H3. The van der Waals surface area contributed by atoms with Crippen molar-refractivity contribution >= 4 is 23.4 Å². The van der Waals surface area contributed by atoms with Crippen LogP contribution in [0, 0.1) is 0 Å². The summed E-state index contributed by atoms with van der Waals surface area (Å²) in [7, 11) is 1.80. The van der Waals surface area contributed by atoms with Crippen LogP contribution in [0.25, 0.3) is 0 Å². The smallest absolute Gasteiger partial charge is 0.209 e. The lowest BCUT2D eigenvalue weighted by atomic mass is 10.3. The van der Waals surface area contributed by atoms with Gasteiger partial charge in [0.15, 0.2) is 0 Å². The molecule has 0 atom stereocenters. The Kier molecular flexibility index (Phi) is 4.22. The van der Waals surface area contributed by atoms with E-state index >= 15 is 0 Å². The average Bonchev–Trinajstić information content (AvgIpc) is 2.73. The van der Waals surface area contributed by atoms with Crippen LogP contribution in [0.5, 0.6) is 5.75 Å². The molecule has 2 aromatic rings. The lowest BCUT2D eigenvalue weighted by Crippen LogP contribution is -2.02. The van der Waals surface area contributed by atoms with Crippen LogP contribution in [0.2, 0.25) is 5.02 Å². The molecule has 0 spiro atoms. The highest BCUT2D eigenvalue weighted by Gasteiger charge is 2.03. The third-order valence-corrected chi connectivity index (χ3v) is 3.28. The molecule has 0 aliphatic carbocycles. The van der Waals surface area contributed by atoms with E-state index in [1.54, 1.807) is 17.8 Å². The van der Waals surface area contributed by atoms with E-state index in [0.29, 0.717) is 17.4 Å². The van der Waals surface area contributed by atoms with Crippen LogP contribution in [-0.4, -0.2) is 32.6 Å². The molecule has 17 heavy (non-hydrogen) atoms. The Morgan fingerprint density at radius 1 is 1.41 bits per heavy atom. The first-order valence-corrected chi connectivity index (χ1v) is 6.36. The molecule has 0 N–H and O–H groups in total. The van der Waals surface area contributed by atoms with Crippen molar-refractivity contribution in [1.82, 2.24) is 20.2 Å². The fourth-order valence-electron chi connectivity index (χ4n) is 1.19. The van der Waals surface area contributed by atoms with Gasteiger partial charge in [0.1, 0.15) is 5.75 Å². The zero-order valence-corrected chi connectivity index (χ0v) is 10.8. The van der Waals surface area contributed by atoms with Crippen molar-refractivity contribution in [3.05, 3.63) is 29.3 Å². The zero-order chi connectivity index (χ0) is 12.1. The fraction of sp³-hybridized carbons (Fsp3) is 0.300. The predicted molar refractivity (Wildman–Crippen MR) is 66.5 cm³/mol. The van der Waals surface area contributed by atoms with E-state index in [4.69, 9.17) is 16.3 Å². The lowest BCUT2D eigenvalue weighted by Gasteiger charge is -2.06. The molecule has 1 aromatic carbocycles. The van der Waals surface area contributed by atoms with Gasteiger partial charge in [-0.1, -0.05) is 35.5 Å². The quantitative estimate of drug-likeness (QED) is 0.615. The summed E-state index contributed by atoms with van der Waals surface area (Å²) >= 11 is 7.50. The highest BCUT2D eigenvalue weighted by Crippen LogP contribution is 2.23. The number of para-hydroxylation sites is 1. The lowest BCUT2D eigenvalue weighted by molar-refractivity contribution is 0.344. The molecule has 1 aromatic heterocycles. The van der Waals surface area contributed by atoms with Gasteiger partial charge in [-0.15, -0.1) is 5.10 Å². The highest BCUT2D eigenvalue weighted by atomic mass is 35.5. The Balaban J connectivity index is 1.77. The van der Waals surface area contributed by atoms with Gasteiger partial charge in [-0.3, -0.25) is 0 Å². The van der Waals surface area contributed by atoms with E-state index in [1.807, 2.05) is 18.2 Å². The number of rotatable bonds is 5. The van der Waals surface area contributed by atoms with E-state index in [1.165, 1.54) is 11.8 Å². The first-order valence-electron chi connectivity index (χ1n) is 5.00. The Labute approximate surface area is 108 Å². The number of aryl methyl sites for hydroxylation is 1. The molecule has 5 nitrogen and oxygen atoms in total. The second-order valence-corrected chi connectivity index (χ2v) is 4.68. The van der Waals surface area contributed by atoms with Crippen LogP contribution in [0.4, 0.5) is 0 Å². The number of thioether (sulfide) groups is 1. The maximum Gasteiger partial charge on any atom is 0.209 e. The zero-order valence-electron chi connectivity index (χ0n) is 9.21. The molecule has 0 bridgehead atoms. The summed E-state index contributed by atoms with van der Waals surface area (Å²) in [6.45, 7) is 0.557. The second-order valence-electron chi connectivity index (χ2n) is 3.21. The van der Waals surface area contributed by atoms with Crippen LogP contribution in [0.3, 0.4) is 0 Å². The van der Waals surface area contributed by atoms with Gasteiger partial charge in [-0.2, -0.15) is 0 Å². The molecular weight excluding hydrogens is 260 g/mol. The molecule has 0 unspecified atom stereocenters. The average molecular weight is 271 g/mol. The van der Waals surface area contributed by atoms with Gasteiger partial charge in [0.2, 0.25) is 5.16 Å². The van der Waals surface area contributed by atoms with Crippen LogP contribution in [0.15, 0.2) is 29.4 Å². The van der Waals surface area contributed by atoms with Crippen LogP contribution in [-0.2, 0) is 7.05 Å². The molecule has 0 aliphatic rings. The van der Waals surface area contributed by atoms with Gasteiger partial charge in [0.25, 0.3) is 0 Å². The predicted octanol–water partition coefficient (Wildman–Crippen LogP) is 2.03. The van der Waals surface area contributed by atoms with Crippen molar-refractivity contribution < 1.29 is 4.74 Å². The van der Waals surface area contributed by atoms with Crippen LogP contribution >= 0.6 is 23.4 Å². The molecule has 0 fully saturated rings. The van der Waals surface area contributed by atoms with Crippen molar-refractivity contribution in [1.29, 1.82) is 0 Å². The van der Waals surface area contributed by atoms with Crippen molar-refractivity contribution in [2.24, 2.45) is 7.05 Å². The van der Waals surface area contributed by atoms with E-state index in [9.17, 15) is 0 Å². The van der Waals surface area contributed by atoms with Crippen molar-refractivity contribution in [3.63, 3.8) is 0 Å². The van der Waals surface area contributed by atoms with Crippen LogP contribution in [0.1, 0.15) is 0 Å². The summed E-state index contributed by atoms with van der Waals surface area (Å²) in [5.74, 6) is 1.46. The number of hydrogen-bond donors (Lipinski definition) is 0. The third kappa shape index (κ3) is 3.34. The third-order valence-electron chi connectivity index (χ3n) is 1.99. The highest BCUT2D eigenvalue weighted by molar-refractivity contribution is 7.99.